The number of nitrogens with one attached hydrogen (secondary N) is 1. The fourth-order valence-corrected chi connectivity index (χ4v) is 3.59. The van der Waals surface area contributed by atoms with Gasteiger partial charge >= 0.3 is 0 Å². The largest absolute Gasteiger partial charge is 0.347 e. The predicted molar refractivity (Wildman–Crippen MR) is 82.5 cm³/mol. The quantitative estimate of drug-likeness (QED) is 0.911. The van der Waals surface area contributed by atoms with Crippen LogP contribution >= 0.6 is 0 Å². The Bertz CT molecular complexity index is 810. The molecule has 6 nitrogen and oxygen atoms in total. The van der Waals surface area contributed by atoms with E-state index in [9.17, 15) is 13.2 Å². The second kappa shape index (κ2) is 5.76. The molecule has 114 valence electrons. The van der Waals surface area contributed by atoms with E-state index < -0.39 is 15.9 Å². The zero-order chi connectivity index (χ0) is 15.6. The second-order valence-corrected chi connectivity index (χ2v) is 7.01. The van der Waals surface area contributed by atoms with E-state index >= 15 is 0 Å². The van der Waals surface area contributed by atoms with Crippen LogP contribution in [-0.2, 0) is 21.2 Å². The maximum atomic E-state index is 12.1. The highest BCUT2D eigenvalue weighted by atomic mass is 32.2. The Balaban J connectivity index is 1.68. The van der Waals surface area contributed by atoms with Crippen LogP contribution in [-0.4, -0.2) is 35.7 Å². The Morgan fingerprint density at radius 2 is 2.09 bits per heavy atom. The number of hydrogen-bond acceptors (Lipinski definition) is 4. The molecule has 0 fully saturated rings. The lowest BCUT2D eigenvalue weighted by Gasteiger charge is -2.12. The van der Waals surface area contributed by atoms with Crippen molar-refractivity contribution in [2.75, 3.05) is 5.75 Å². The number of rotatable bonds is 4. The molecule has 2 aromatic rings. The molecule has 0 aliphatic carbocycles. The van der Waals surface area contributed by atoms with Crippen molar-refractivity contribution in [1.82, 2.24) is 14.9 Å². The van der Waals surface area contributed by atoms with Crippen LogP contribution in [0.2, 0.25) is 0 Å². The minimum Gasteiger partial charge on any atom is -0.347 e. The van der Waals surface area contributed by atoms with Crippen LogP contribution in [0.1, 0.15) is 0 Å². The topological polar surface area (TPSA) is 81.1 Å². The Kier molecular flexibility index (Phi) is 3.81. The molecule has 1 aliphatic rings. The lowest BCUT2D eigenvalue weighted by molar-refractivity contribution is -0.121. The van der Waals surface area contributed by atoms with Crippen LogP contribution in [0.25, 0.3) is 11.4 Å². The Morgan fingerprint density at radius 1 is 1.32 bits per heavy atom. The van der Waals surface area contributed by atoms with Gasteiger partial charge in [-0.3, -0.25) is 4.79 Å². The molecule has 0 spiro atoms. The van der Waals surface area contributed by atoms with Crippen molar-refractivity contribution in [2.45, 2.75) is 12.6 Å². The number of carbonyl (C=O) groups is 1. The first-order chi connectivity index (χ1) is 10.5. The van der Waals surface area contributed by atoms with Crippen molar-refractivity contribution in [3.63, 3.8) is 0 Å². The SMILES string of the molecule is O=C(Cn1ccnc1-c1ccccc1)N[C@H]1C=CS(=O)(=O)C1. The fraction of sp³-hybridized carbons (Fsp3) is 0.200. The lowest BCUT2D eigenvalue weighted by Crippen LogP contribution is -2.37. The maximum absolute atomic E-state index is 12.1. The molecule has 1 aromatic heterocycles. The van der Waals surface area contributed by atoms with Crippen LogP contribution in [0, 0.1) is 0 Å². The molecule has 7 heteroatoms. The third kappa shape index (κ3) is 3.25. The summed E-state index contributed by atoms with van der Waals surface area (Å²) >= 11 is 0. The van der Waals surface area contributed by atoms with E-state index in [1.807, 2.05) is 30.3 Å². The molecule has 1 amide bonds. The maximum Gasteiger partial charge on any atom is 0.240 e. The number of aromatic nitrogens is 2. The lowest BCUT2D eigenvalue weighted by atomic mass is 10.2. The van der Waals surface area contributed by atoms with Gasteiger partial charge in [0.05, 0.1) is 11.8 Å². The number of benzene rings is 1. The minimum absolute atomic E-state index is 0.0752. The molecule has 1 aliphatic heterocycles. The average molecular weight is 317 g/mol. The Labute approximate surface area is 128 Å². The Morgan fingerprint density at radius 3 is 2.77 bits per heavy atom. The van der Waals surface area contributed by atoms with Gasteiger partial charge in [0, 0.05) is 23.4 Å². The van der Waals surface area contributed by atoms with E-state index in [0.717, 1.165) is 11.0 Å². The van der Waals surface area contributed by atoms with E-state index in [1.54, 1.807) is 17.0 Å². The van der Waals surface area contributed by atoms with Gasteiger partial charge < -0.3 is 9.88 Å². The van der Waals surface area contributed by atoms with E-state index in [1.165, 1.54) is 6.08 Å². The van der Waals surface area contributed by atoms with Crippen molar-refractivity contribution in [3.05, 3.63) is 54.2 Å². The first kappa shape index (κ1) is 14.5. The number of nitrogens with zero attached hydrogens (tertiary/aromatic N) is 2. The van der Waals surface area contributed by atoms with Crippen LogP contribution in [0.4, 0.5) is 0 Å². The van der Waals surface area contributed by atoms with Crippen molar-refractivity contribution in [3.8, 4) is 11.4 Å². The Hall–Kier alpha value is -2.41. The molecule has 1 N–H and O–H groups in total. The molecule has 1 aromatic carbocycles. The number of hydrogen-bond donors (Lipinski definition) is 1. The molecular weight excluding hydrogens is 302 g/mol. The van der Waals surface area contributed by atoms with Gasteiger partial charge in [-0.1, -0.05) is 30.3 Å². The number of carbonyl (C=O) groups excluding carboxylic acids is 1. The van der Waals surface area contributed by atoms with Gasteiger partial charge in [0.1, 0.15) is 12.4 Å². The van der Waals surface area contributed by atoms with E-state index in [0.29, 0.717) is 5.82 Å². The number of imidazole rings is 1. The summed E-state index contributed by atoms with van der Waals surface area (Å²) in [5, 5.41) is 3.84. The zero-order valence-electron chi connectivity index (χ0n) is 11.7. The van der Waals surface area contributed by atoms with Gasteiger partial charge in [-0.25, -0.2) is 13.4 Å². The monoisotopic (exact) mass is 317 g/mol. The van der Waals surface area contributed by atoms with Gasteiger partial charge in [0.2, 0.25) is 5.91 Å². The van der Waals surface area contributed by atoms with Gasteiger partial charge in [0.25, 0.3) is 0 Å². The third-order valence-corrected chi connectivity index (χ3v) is 4.73. The van der Waals surface area contributed by atoms with E-state index in [2.05, 4.69) is 10.3 Å². The van der Waals surface area contributed by atoms with Gasteiger partial charge in [-0.05, 0) is 6.08 Å². The molecule has 2 heterocycles. The number of amides is 1. The third-order valence-electron chi connectivity index (χ3n) is 3.34. The summed E-state index contributed by atoms with van der Waals surface area (Å²) in [5.74, 6) is 0.376. The first-order valence-corrected chi connectivity index (χ1v) is 8.52. The molecule has 22 heavy (non-hydrogen) atoms. The first-order valence-electron chi connectivity index (χ1n) is 6.80. The van der Waals surface area contributed by atoms with Crippen molar-refractivity contribution >= 4 is 15.7 Å². The molecule has 0 unspecified atom stereocenters. The van der Waals surface area contributed by atoms with Crippen LogP contribution in [0.5, 0.6) is 0 Å². The molecule has 0 saturated carbocycles. The summed E-state index contributed by atoms with van der Waals surface area (Å²) < 4.78 is 24.4. The molecule has 0 saturated heterocycles. The van der Waals surface area contributed by atoms with Crippen LogP contribution < -0.4 is 5.32 Å². The smallest absolute Gasteiger partial charge is 0.240 e. The summed E-state index contributed by atoms with van der Waals surface area (Å²) in [6, 6.07) is 9.11. The van der Waals surface area contributed by atoms with Crippen LogP contribution in [0.3, 0.4) is 0 Å². The highest BCUT2D eigenvalue weighted by Crippen LogP contribution is 2.16. The standard InChI is InChI=1S/C15H15N3O3S/c19-14(17-13-6-9-22(20,21)11-13)10-18-8-7-16-15(18)12-4-2-1-3-5-12/h1-9,13H,10-11H2,(H,17,19)/t13-/m0/s1. The van der Waals surface area contributed by atoms with Crippen molar-refractivity contribution in [2.24, 2.45) is 0 Å². The van der Waals surface area contributed by atoms with Crippen LogP contribution in [0.15, 0.2) is 54.2 Å². The summed E-state index contributed by atoms with van der Waals surface area (Å²) in [6.07, 6.45) is 4.86. The molecule has 3 rings (SSSR count). The highest BCUT2D eigenvalue weighted by Gasteiger charge is 2.23. The summed E-state index contributed by atoms with van der Waals surface area (Å²) in [4.78, 5) is 16.3. The summed E-state index contributed by atoms with van der Waals surface area (Å²) in [5.41, 5.74) is 0.920. The highest BCUT2D eigenvalue weighted by molar-refractivity contribution is 7.94. The second-order valence-electron chi connectivity index (χ2n) is 5.08. The summed E-state index contributed by atoms with van der Waals surface area (Å²) in [6.45, 7) is 0.0919. The normalized spacial score (nSPS) is 19.2. The van der Waals surface area contributed by atoms with Gasteiger partial charge in [-0.2, -0.15) is 0 Å². The predicted octanol–water partition coefficient (Wildman–Crippen LogP) is 0.977. The number of sulfone groups is 1. The van der Waals surface area contributed by atoms with E-state index in [-0.39, 0.29) is 18.2 Å². The molecule has 0 bridgehead atoms. The zero-order valence-corrected chi connectivity index (χ0v) is 12.5. The van der Waals surface area contributed by atoms with Crippen molar-refractivity contribution in [1.29, 1.82) is 0 Å². The van der Waals surface area contributed by atoms with Crippen molar-refractivity contribution < 1.29 is 13.2 Å². The average Bonchev–Trinajstić information content (AvgIpc) is 3.06. The molecular formula is C15H15N3O3S. The van der Waals surface area contributed by atoms with Gasteiger partial charge in [-0.15, -0.1) is 0 Å². The molecule has 1 atom stereocenters. The summed E-state index contributed by atoms with van der Waals surface area (Å²) in [7, 11) is -3.17. The minimum atomic E-state index is -3.17. The van der Waals surface area contributed by atoms with Gasteiger partial charge in [0.15, 0.2) is 9.84 Å². The molecule has 0 radical (unpaired) electrons. The fourth-order valence-electron chi connectivity index (χ4n) is 2.36. The van der Waals surface area contributed by atoms with E-state index in [4.69, 9.17) is 0 Å².